The van der Waals surface area contributed by atoms with E-state index in [1.165, 1.54) is 71.8 Å². The van der Waals surface area contributed by atoms with Gasteiger partial charge in [0.2, 0.25) is 0 Å². The smallest absolute Gasteiger partial charge is 0.161 e. The van der Waals surface area contributed by atoms with Crippen LogP contribution in [0.2, 0.25) is 0 Å². The molecule has 0 unspecified atom stereocenters. The second-order valence-corrected chi connectivity index (χ2v) is 16.0. The number of hydrogen-bond donors (Lipinski definition) is 0. The summed E-state index contributed by atoms with van der Waals surface area (Å²) in [7, 11) is 0. The first kappa shape index (κ1) is 33.1. The Hall–Kier alpha value is -7.88. The predicted molar refractivity (Wildman–Crippen MR) is 246 cm³/mol. The highest BCUT2D eigenvalue weighted by Gasteiger charge is 2.51. The van der Waals surface area contributed by atoms with Crippen molar-refractivity contribution >= 4 is 32.6 Å². The summed E-state index contributed by atoms with van der Waals surface area (Å²) >= 11 is 0. The van der Waals surface area contributed by atoms with Gasteiger partial charge < -0.3 is 4.57 Å². The fourth-order valence-corrected chi connectivity index (χ4v) is 10.6. The summed E-state index contributed by atoms with van der Waals surface area (Å²) in [5.41, 5.74) is 18.3. The van der Waals surface area contributed by atoms with Crippen LogP contribution in [-0.2, 0) is 5.41 Å². The SMILES string of the molecule is c1ccc(-c2cc(-c3cccc(-c4cccc5c4-n4c6ccccc6c6cccc(c64)C54c5ccccc5-c5ccccc54)c3)nc(-c3cccc4ccccc34)n2)cc1. The number of nitrogens with zero attached hydrogens (tertiary/aromatic N) is 3. The van der Waals surface area contributed by atoms with Crippen molar-refractivity contribution in [1.29, 1.82) is 0 Å². The van der Waals surface area contributed by atoms with Crippen LogP contribution in [0.1, 0.15) is 22.3 Å². The highest BCUT2D eigenvalue weighted by molar-refractivity contribution is 6.13. The molecule has 11 aromatic rings. The highest BCUT2D eigenvalue weighted by atomic mass is 15.0. The number of rotatable bonds is 4. The average molecular weight is 762 g/mol. The van der Waals surface area contributed by atoms with Crippen molar-refractivity contribution in [2.45, 2.75) is 5.41 Å². The van der Waals surface area contributed by atoms with Gasteiger partial charge in [-0.05, 0) is 67.9 Å². The summed E-state index contributed by atoms with van der Waals surface area (Å²) in [6, 6.07) is 77.3. The first-order valence-corrected chi connectivity index (χ1v) is 20.7. The van der Waals surface area contributed by atoms with E-state index in [-0.39, 0.29) is 0 Å². The van der Waals surface area contributed by atoms with Gasteiger partial charge in [0.05, 0.1) is 33.5 Å². The minimum absolute atomic E-state index is 0.509. The maximum atomic E-state index is 5.36. The van der Waals surface area contributed by atoms with Gasteiger partial charge >= 0.3 is 0 Å². The zero-order chi connectivity index (χ0) is 39.4. The van der Waals surface area contributed by atoms with Crippen LogP contribution < -0.4 is 0 Å². The third kappa shape index (κ3) is 4.49. The Morgan fingerprint density at radius 3 is 1.72 bits per heavy atom. The molecule has 0 radical (unpaired) electrons. The molecule has 0 N–H and O–H groups in total. The van der Waals surface area contributed by atoms with Crippen molar-refractivity contribution < 1.29 is 0 Å². The summed E-state index contributed by atoms with van der Waals surface area (Å²) in [5, 5.41) is 4.83. The lowest BCUT2D eigenvalue weighted by Gasteiger charge is -2.40. The Morgan fingerprint density at radius 2 is 0.883 bits per heavy atom. The standard InChI is InChI=1S/C57H35N3/c1-2-17-37(18-3-1)51-35-52(59-56(58-51)46-28-13-19-36-16-4-5-22-40(36)46)39-21-12-20-38(34-39)41-26-14-31-49-54(41)60-53-33-11-8-25-44(53)45-27-15-32-50(55(45)60)57(49)47-29-9-6-23-42(47)43-24-7-10-30-48(43)57/h1-35H. The molecule has 9 aromatic carbocycles. The molecular formula is C57H35N3. The van der Waals surface area contributed by atoms with E-state index in [1.807, 2.05) is 6.07 Å². The maximum Gasteiger partial charge on any atom is 0.161 e. The summed E-state index contributed by atoms with van der Waals surface area (Å²) in [4.78, 5) is 10.6. The first-order valence-electron chi connectivity index (χ1n) is 20.7. The van der Waals surface area contributed by atoms with E-state index < -0.39 is 5.41 Å². The molecule has 0 saturated heterocycles. The zero-order valence-corrected chi connectivity index (χ0v) is 32.5. The molecule has 0 saturated carbocycles. The molecule has 13 rings (SSSR count). The lowest BCUT2D eigenvalue weighted by Crippen LogP contribution is -2.33. The topological polar surface area (TPSA) is 30.7 Å². The molecule has 60 heavy (non-hydrogen) atoms. The number of para-hydroxylation sites is 3. The maximum absolute atomic E-state index is 5.36. The van der Waals surface area contributed by atoms with Crippen molar-refractivity contribution in [2.24, 2.45) is 0 Å². The van der Waals surface area contributed by atoms with Crippen LogP contribution in [0.15, 0.2) is 212 Å². The molecule has 3 heteroatoms. The van der Waals surface area contributed by atoms with E-state index >= 15 is 0 Å². The number of fused-ring (bicyclic) bond motifs is 13. The van der Waals surface area contributed by atoms with Crippen molar-refractivity contribution in [3.8, 4) is 61.8 Å². The summed E-state index contributed by atoms with van der Waals surface area (Å²) in [6.07, 6.45) is 0. The lowest BCUT2D eigenvalue weighted by molar-refractivity contribution is 0.749. The van der Waals surface area contributed by atoms with Crippen LogP contribution in [0, 0.1) is 0 Å². The molecule has 3 heterocycles. The highest BCUT2D eigenvalue weighted by Crippen LogP contribution is 2.61. The van der Waals surface area contributed by atoms with Crippen molar-refractivity contribution in [1.82, 2.24) is 14.5 Å². The van der Waals surface area contributed by atoms with Gasteiger partial charge in [-0.15, -0.1) is 0 Å². The van der Waals surface area contributed by atoms with Gasteiger partial charge in [0.1, 0.15) is 0 Å². The monoisotopic (exact) mass is 761 g/mol. The molecule has 1 aliphatic heterocycles. The molecular weight excluding hydrogens is 727 g/mol. The van der Waals surface area contributed by atoms with Crippen LogP contribution in [0.25, 0.3) is 94.4 Å². The number of hydrogen-bond acceptors (Lipinski definition) is 2. The van der Waals surface area contributed by atoms with E-state index in [0.717, 1.165) is 39.0 Å². The van der Waals surface area contributed by atoms with Crippen molar-refractivity contribution in [3.05, 3.63) is 235 Å². The summed E-state index contributed by atoms with van der Waals surface area (Å²) in [6.45, 7) is 0. The molecule has 1 spiro atoms. The van der Waals surface area contributed by atoms with Gasteiger partial charge in [-0.3, -0.25) is 0 Å². The number of aromatic nitrogens is 3. The van der Waals surface area contributed by atoms with Gasteiger partial charge in [0.25, 0.3) is 0 Å². The fraction of sp³-hybridized carbons (Fsp3) is 0.0175. The van der Waals surface area contributed by atoms with Crippen LogP contribution in [0.4, 0.5) is 0 Å². The number of benzene rings is 9. The van der Waals surface area contributed by atoms with E-state index in [1.54, 1.807) is 0 Å². The Balaban J connectivity index is 1.09. The second-order valence-electron chi connectivity index (χ2n) is 16.0. The third-order valence-corrected chi connectivity index (χ3v) is 13.0. The molecule has 0 fully saturated rings. The van der Waals surface area contributed by atoms with Gasteiger partial charge in [0, 0.05) is 33.0 Å². The molecule has 0 bridgehead atoms. The molecule has 0 atom stereocenters. The van der Waals surface area contributed by atoms with Gasteiger partial charge in [-0.25, -0.2) is 9.97 Å². The molecule has 3 nitrogen and oxygen atoms in total. The van der Waals surface area contributed by atoms with Gasteiger partial charge in [0.15, 0.2) is 5.82 Å². The van der Waals surface area contributed by atoms with E-state index in [9.17, 15) is 0 Å². The van der Waals surface area contributed by atoms with E-state index in [2.05, 4.69) is 211 Å². The van der Waals surface area contributed by atoms with Gasteiger partial charge in [-0.1, -0.05) is 194 Å². The van der Waals surface area contributed by atoms with Crippen LogP contribution in [0.5, 0.6) is 0 Å². The van der Waals surface area contributed by atoms with Crippen LogP contribution >= 0.6 is 0 Å². The Labute approximate surface area is 347 Å². The molecule has 0 amide bonds. The van der Waals surface area contributed by atoms with Crippen LogP contribution in [0.3, 0.4) is 0 Å². The largest absolute Gasteiger partial charge is 0.308 e. The second kappa shape index (κ2) is 12.6. The van der Waals surface area contributed by atoms with E-state index in [4.69, 9.17) is 9.97 Å². The van der Waals surface area contributed by atoms with Crippen LogP contribution in [-0.4, -0.2) is 14.5 Å². The molecule has 1 aliphatic carbocycles. The summed E-state index contributed by atoms with van der Waals surface area (Å²) < 4.78 is 2.56. The fourth-order valence-electron chi connectivity index (χ4n) is 10.6. The van der Waals surface area contributed by atoms with E-state index in [0.29, 0.717) is 5.82 Å². The Kier molecular flexibility index (Phi) is 6.93. The third-order valence-electron chi connectivity index (χ3n) is 13.0. The van der Waals surface area contributed by atoms with Gasteiger partial charge in [-0.2, -0.15) is 0 Å². The minimum atomic E-state index is -0.509. The summed E-state index contributed by atoms with van der Waals surface area (Å²) in [5.74, 6) is 0.712. The molecule has 2 aliphatic rings. The minimum Gasteiger partial charge on any atom is -0.308 e. The average Bonchev–Trinajstić information content (AvgIpc) is 3.82. The zero-order valence-electron chi connectivity index (χ0n) is 32.5. The van der Waals surface area contributed by atoms with Crippen molar-refractivity contribution in [2.75, 3.05) is 0 Å². The first-order chi connectivity index (χ1) is 29.8. The normalized spacial score (nSPS) is 13.1. The van der Waals surface area contributed by atoms with Crippen molar-refractivity contribution in [3.63, 3.8) is 0 Å². The Bertz CT molecular complexity index is 3510. The molecule has 2 aromatic heterocycles. The Morgan fingerprint density at radius 1 is 0.350 bits per heavy atom. The predicted octanol–water partition coefficient (Wildman–Crippen LogP) is 14.1. The molecule has 278 valence electrons. The lowest BCUT2D eigenvalue weighted by atomic mass is 9.65. The quantitative estimate of drug-likeness (QED) is 0.179.